The van der Waals surface area contributed by atoms with Crippen molar-refractivity contribution in [2.24, 2.45) is 0 Å². The summed E-state index contributed by atoms with van der Waals surface area (Å²) < 4.78 is 12.0. The second kappa shape index (κ2) is 12.1. The second-order valence-electron chi connectivity index (χ2n) is 9.01. The number of allylic oxidation sites excluding steroid dienone is 1. The van der Waals surface area contributed by atoms with E-state index in [1.165, 1.54) is 17.0 Å². The lowest BCUT2D eigenvalue weighted by atomic mass is 10.0. The monoisotopic (exact) mass is 527 g/mol. The fraction of sp³-hybridized carbons (Fsp3) is 0.200. The number of urea groups is 1. The van der Waals surface area contributed by atoms with Crippen LogP contribution in [0.25, 0.3) is 6.08 Å². The van der Waals surface area contributed by atoms with Gasteiger partial charge in [0.2, 0.25) is 0 Å². The fourth-order valence-corrected chi connectivity index (χ4v) is 4.13. The van der Waals surface area contributed by atoms with Crippen LogP contribution in [0.4, 0.5) is 10.5 Å². The molecule has 9 nitrogen and oxygen atoms in total. The molecule has 0 aliphatic carbocycles. The molecule has 9 heteroatoms. The third-order valence-electron chi connectivity index (χ3n) is 6.08. The number of non-ortho nitro benzene ring substituents is 1. The third-order valence-corrected chi connectivity index (χ3v) is 6.08. The van der Waals surface area contributed by atoms with Crippen LogP contribution in [0.5, 0.6) is 11.5 Å². The van der Waals surface area contributed by atoms with Crippen molar-refractivity contribution in [1.82, 2.24) is 10.2 Å². The predicted molar refractivity (Wildman–Crippen MR) is 147 cm³/mol. The summed E-state index contributed by atoms with van der Waals surface area (Å²) in [7, 11) is 0. The summed E-state index contributed by atoms with van der Waals surface area (Å²) in [6, 6.07) is 16.9. The van der Waals surface area contributed by atoms with Crippen molar-refractivity contribution in [1.29, 1.82) is 0 Å². The highest BCUT2D eigenvalue weighted by Gasteiger charge is 2.33. The molecule has 1 heterocycles. The molecule has 0 saturated carbocycles. The van der Waals surface area contributed by atoms with Gasteiger partial charge < -0.3 is 14.8 Å². The zero-order valence-electron chi connectivity index (χ0n) is 21.8. The number of benzene rings is 3. The summed E-state index contributed by atoms with van der Waals surface area (Å²) in [6.07, 6.45) is 3.81. The number of aryl methyl sites for hydroxylation is 1. The quantitative estimate of drug-likeness (QED) is 0.113. The number of imide groups is 1. The Morgan fingerprint density at radius 2 is 1.72 bits per heavy atom. The van der Waals surface area contributed by atoms with Gasteiger partial charge in [0, 0.05) is 17.7 Å². The average molecular weight is 528 g/mol. The topological polar surface area (TPSA) is 111 Å². The van der Waals surface area contributed by atoms with E-state index in [1.807, 2.05) is 44.2 Å². The number of ether oxygens (including phenoxy) is 2. The van der Waals surface area contributed by atoms with Gasteiger partial charge in [-0.3, -0.25) is 19.8 Å². The molecule has 0 bridgehead atoms. The third kappa shape index (κ3) is 6.51. The normalized spacial score (nSPS) is 13.9. The van der Waals surface area contributed by atoms with Crippen LogP contribution in [0.2, 0.25) is 0 Å². The average Bonchev–Trinajstić information content (AvgIpc) is 3.17. The van der Waals surface area contributed by atoms with Crippen LogP contribution < -0.4 is 14.8 Å². The Labute approximate surface area is 226 Å². The molecule has 200 valence electrons. The van der Waals surface area contributed by atoms with Crippen molar-refractivity contribution in [3.05, 3.63) is 117 Å². The predicted octanol–water partition coefficient (Wildman–Crippen LogP) is 5.70. The minimum atomic E-state index is -0.480. The first-order valence-corrected chi connectivity index (χ1v) is 12.5. The van der Waals surface area contributed by atoms with Crippen LogP contribution in [-0.2, 0) is 24.4 Å². The summed E-state index contributed by atoms with van der Waals surface area (Å²) in [5.41, 5.74) is 4.30. The highest BCUT2D eigenvalue weighted by atomic mass is 16.6. The number of nitro groups is 1. The highest BCUT2D eigenvalue weighted by Crippen LogP contribution is 2.35. The number of amides is 3. The van der Waals surface area contributed by atoms with Gasteiger partial charge >= 0.3 is 6.03 Å². The molecular formula is C30H29N3O6. The van der Waals surface area contributed by atoms with Crippen LogP contribution in [0.3, 0.4) is 0 Å². The van der Waals surface area contributed by atoms with Crippen LogP contribution in [-0.4, -0.2) is 28.4 Å². The Morgan fingerprint density at radius 1 is 1.03 bits per heavy atom. The number of hydrogen-bond donors (Lipinski definition) is 1. The summed E-state index contributed by atoms with van der Waals surface area (Å²) in [5.74, 6) is 0.571. The zero-order chi connectivity index (χ0) is 27.9. The van der Waals surface area contributed by atoms with Gasteiger partial charge in [-0.05, 0) is 67.3 Å². The van der Waals surface area contributed by atoms with Gasteiger partial charge in [-0.25, -0.2) is 4.79 Å². The van der Waals surface area contributed by atoms with E-state index in [2.05, 4.69) is 11.9 Å². The summed E-state index contributed by atoms with van der Waals surface area (Å²) >= 11 is 0. The van der Waals surface area contributed by atoms with Gasteiger partial charge in [0.25, 0.3) is 11.6 Å². The Hall–Kier alpha value is -4.92. The minimum Gasteiger partial charge on any atom is -0.490 e. The lowest BCUT2D eigenvalue weighted by Gasteiger charge is -2.17. The first-order chi connectivity index (χ1) is 18.8. The van der Waals surface area contributed by atoms with Crippen molar-refractivity contribution >= 4 is 23.7 Å². The number of nitrogens with zero attached hydrogens (tertiary/aromatic N) is 2. The molecule has 3 amide bonds. The van der Waals surface area contributed by atoms with E-state index in [0.717, 1.165) is 22.3 Å². The van der Waals surface area contributed by atoms with E-state index in [0.29, 0.717) is 30.1 Å². The number of rotatable bonds is 11. The smallest absolute Gasteiger partial charge is 0.329 e. The summed E-state index contributed by atoms with van der Waals surface area (Å²) in [6.45, 7) is 8.38. The van der Waals surface area contributed by atoms with E-state index in [-0.39, 0.29) is 24.5 Å². The second-order valence-corrected chi connectivity index (χ2v) is 9.01. The molecule has 0 unspecified atom stereocenters. The maximum atomic E-state index is 13.1. The van der Waals surface area contributed by atoms with Crippen LogP contribution >= 0.6 is 0 Å². The maximum Gasteiger partial charge on any atom is 0.329 e. The minimum absolute atomic E-state index is 0.00414. The molecule has 4 rings (SSSR count). The Balaban J connectivity index is 1.59. The first-order valence-electron chi connectivity index (χ1n) is 12.5. The number of carbonyl (C=O) groups is 2. The van der Waals surface area contributed by atoms with E-state index in [1.54, 1.807) is 30.4 Å². The number of nitrogens with one attached hydrogen (secondary N) is 1. The molecule has 1 saturated heterocycles. The number of carbonyl (C=O) groups excluding carboxylic acids is 2. The molecule has 1 aliphatic rings. The Kier molecular flexibility index (Phi) is 8.40. The molecule has 1 fully saturated rings. The van der Waals surface area contributed by atoms with Gasteiger partial charge in [-0.2, -0.15) is 0 Å². The molecule has 0 radical (unpaired) electrons. The van der Waals surface area contributed by atoms with Crippen molar-refractivity contribution in [2.75, 3.05) is 6.61 Å². The molecule has 1 N–H and O–H groups in total. The van der Waals surface area contributed by atoms with Crippen molar-refractivity contribution in [3.8, 4) is 11.5 Å². The first kappa shape index (κ1) is 27.1. The maximum absolute atomic E-state index is 13.1. The van der Waals surface area contributed by atoms with Gasteiger partial charge in [-0.1, -0.05) is 35.9 Å². The molecular weight excluding hydrogens is 498 g/mol. The molecule has 0 atom stereocenters. The van der Waals surface area contributed by atoms with Crippen LogP contribution in [0, 0.1) is 17.0 Å². The van der Waals surface area contributed by atoms with Crippen molar-refractivity contribution < 1.29 is 24.0 Å². The lowest BCUT2D eigenvalue weighted by molar-refractivity contribution is -0.384. The summed E-state index contributed by atoms with van der Waals surface area (Å²) in [5, 5.41) is 13.6. The van der Waals surface area contributed by atoms with Crippen LogP contribution in [0.15, 0.2) is 79.0 Å². The van der Waals surface area contributed by atoms with E-state index in [9.17, 15) is 19.7 Å². The zero-order valence-corrected chi connectivity index (χ0v) is 21.8. The fourth-order valence-electron chi connectivity index (χ4n) is 4.13. The van der Waals surface area contributed by atoms with Crippen LogP contribution in [0.1, 0.15) is 34.7 Å². The van der Waals surface area contributed by atoms with Crippen molar-refractivity contribution in [2.45, 2.75) is 33.4 Å². The van der Waals surface area contributed by atoms with Crippen molar-refractivity contribution in [3.63, 3.8) is 0 Å². The molecule has 3 aromatic rings. The van der Waals surface area contributed by atoms with Gasteiger partial charge in [0.1, 0.15) is 12.3 Å². The largest absolute Gasteiger partial charge is 0.490 e. The number of nitro benzene ring substituents is 1. The molecule has 3 aromatic carbocycles. The van der Waals surface area contributed by atoms with Gasteiger partial charge in [0.05, 0.1) is 18.1 Å². The highest BCUT2D eigenvalue weighted by molar-refractivity contribution is 6.13. The van der Waals surface area contributed by atoms with E-state index >= 15 is 0 Å². The Bertz CT molecular complexity index is 1430. The Morgan fingerprint density at radius 3 is 2.36 bits per heavy atom. The standard InChI is InChI=1S/C30H29N3O6/c1-4-6-24-15-23(16-26-29(34)32(30(35)31-26)18-21-9-7-20(3)8-10-21)17-27(38-5-2)28(24)39-19-22-11-13-25(14-12-22)33(36)37/h4,7-17H,1,5-6,18-19H2,2-3H3,(H,31,35)/b26-16+. The lowest BCUT2D eigenvalue weighted by Crippen LogP contribution is -2.30. The molecule has 0 spiro atoms. The van der Waals surface area contributed by atoms with E-state index in [4.69, 9.17) is 9.47 Å². The molecule has 1 aliphatic heterocycles. The van der Waals surface area contributed by atoms with Gasteiger partial charge in [0.15, 0.2) is 11.5 Å². The SMILES string of the molecule is C=CCc1cc(/C=C2/NC(=O)N(Cc3ccc(C)cc3)C2=O)cc(OCC)c1OCc1ccc([N+](=O)[O-])cc1. The van der Waals surface area contributed by atoms with Gasteiger partial charge in [-0.15, -0.1) is 6.58 Å². The number of hydrogen-bond acceptors (Lipinski definition) is 6. The summed E-state index contributed by atoms with van der Waals surface area (Å²) in [4.78, 5) is 37.3. The van der Waals surface area contributed by atoms with E-state index < -0.39 is 16.9 Å². The molecule has 39 heavy (non-hydrogen) atoms. The molecule has 0 aromatic heterocycles.